The topological polar surface area (TPSA) is 62.5 Å². The molecule has 1 N–H and O–H groups in total. The Kier molecular flexibility index (Phi) is 4.90. The molecular formula is C28H24N2O3. The third kappa shape index (κ3) is 3.24. The van der Waals surface area contributed by atoms with Crippen LogP contribution in [0, 0.1) is 13.8 Å². The second kappa shape index (κ2) is 7.78. The van der Waals surface area contributed by atoms with Crippen molar-refractivity contribution in [2.75, 3.05) is 4.90 Å². The number of aryl methyl sites for hydroxylation is 3. The fraction of sp³-hybridized carbons (Fsp3) is 0.143. The molecule has 3 aromatic carbocycles. The highest BCUT2D eigenvalue weighted by Crippen LogP contribution is 2.44. The number of hydrogen-bond acceptors (Lipinski definition) is 3. The van der Waals surface area contributed by atoms with Crippen molar-refractivity contribution in [1.29, 1.82) is 0 Å². The largest absolute Gasteiger partial charge is 0.507 e. The molecule has 1 saturated heterocycles. The number of benzene rings is 3. The maximum absolute atomic E-state index is 13.4. The number of ketones is 1. The van der Waals surface area contributed by atoms with Gasteiger partial charge >= 0.3 is 0 Å². The Morgan fingerprint density at radius 2 is 1.58 bits per heavy atom. The number of carbonyl (C=O) groups is 2. The SMILES string of the molecule is Cc1ccc(/C(O)=C2\C(=O)C(=O)N(c3ccccc3)C2c2cn(C)c3ccccc23)cc1C. The van der Waals surface area contributed by atoms with Crippen molar-refractivity contribution in [3.63, 3.8) is 0 Å². The van der Waals surface area contributed by atoms with Crippen LogP contribution in [-0.2, 0) is 16.6 Å². The van der Waals surface area contributed by atoms with Crippen molar-refractivity contribution in [1.82, 2.24) is 4.57 Å². The molecule has 5 nitrogen and oxygen atoms in total. The predicted molar refractivity (Wildman–Crippen MR) is 130 cm³/mol. The van der Waals surface area contributed by atoms with E-state index < -0.39 is 17.7 Å². The Morgan fingerprint density at radius 3 is 2.30 bits per heavy atom. The molecule has 33 heavy (non-hydrogen) atoms. The van der Waals surface area contributed by atoms with E-state index in [1.807, 2.05) is 86.3 Å². The fourth-order valence-electron chi connectivity index (χ4n) is 4.62. The van der Waals surface area contributed by atoms with Crippen LogP contribution in [0.4, 0.5) is 5.69 Å². The van der Waals surface area contributed by atoms with E-state index in [-0.39, 0.29) is 11.3 Å². The first-order valence-corrected chi connectivity index (χ1v) is 10.9. The van der Waals surface area contributed by atoms with Gasteiger partial charge in [-0.25, -0.2) is 0 Å². The molecule has 1 aromatic heterocycles. The lowest BCUT2D eigenvalue weighted by molar-refractivity contribution is -0.132. The van der Waals surface area contributed by atoms with E-state index in [2.05, 4.69) is 0 Å². The molecule has 1 aliphatic heterocycles. The average molecular weight is 437 g/mol. The third-order valence-corrected chi connectivity index (χ3v) is 6.48. The molecule has 1 aliphatic rings. The first-order valence-electron chi connectivity index (χ1n) is 10.9. The number of hydrogen-bond donors (Lipinski definition) is 1. The van der Waals surface area contributed by atoms with Gasteiger partial charge in [0, 0.05) is 41.0 Å². The molecule has 5 heteroatoms. The molecule has 4 aromatic rings. The van der Waals surface area contributed by atoms with Crippen LogP contribution in [0.25, 0.3) is 16.7 Å². The molecule has 2 heterocycles. The third-order valence-electron chi connectivity index (χ3n) is 6.48. The van der Waals surface area contributed by atoms with Crippen molar-refractivity contribution in [2.24, 2.45) is 7.05 Å². The van der Waals surface area contributed by atoms with E-state index >= 15 is 0 Å². The van der Waals surface area contributed by atoms with Crippen molar-refractivity contribution in [3.8, 4) is 0 Å². The van der Waals surface area contributed by atoms with Crippen LogP contribution < -0.4 is 4.90 Å². The normalized spacial score (nSPS) is 17.8. The van der Waals surface area contributed by atoms with Gasteiger partial charge < -0.3 is 9.67 Å². The van der Waals surface area contributed by atoms with Crippen LogP contribution in [-0.4, -0.2) is 21.4 Å². The highest BCUT2D eigenvalue weighted by Gasteiger charge is 2.47. The highest BCUT2D eigenvalue weighted by atomic mass is 16.3. The predicted octanol–water partition coefficient (Wildman–Crippen LogP) is 5.42. The number of amides is 1. The zero-order valence-electron chi connectivity index (χ0n) is 18.7. The van der Waals surface area contributed by atoms with Gasteiger partial charge in [-0.1, -0.05) is 48.5 Å². The Morgan fingerprint density at radius 1 is 0.879 bits per heavy atom. The van der Waals surface area contributed by atoms with Gasteiger partial charge in [0.25, 0.3) is 11.7 Å². The zero-order valence-corrected chi connectivity index (χ0v) is 18.7. The van der Waals surface area contributed by atoms with E-state index in [0.29, 0.717) is 11.3 Å². The Hall–Kier alpha value is -4.12. The number of fused-ring (bicyclic) bond motifs is 1. The molecule has 0 bridgehead atoms. The second-order valence-corrected chi connectivity index (χ2v) is 8.52. The summed E-state index contributed by atoms with van der Waals surface area (Å²) in [6.07, 6.45) is 1.94. The monoisotopic (exact) mass is 436 g/mol. The minimum atomic E-state index is -0.750. The summed E-state index contributed by atoms with van der Waals surface area (Å²) in [4.78, 5) is 28.2. The number of rotatable bonds is 3. The molecule has 0 saturated carbocycles. The van der Waals surface area contributed by atoms with E-state index in [9.17, 15) is 14.7 Å². The summed E-state index contributed by atoms with van der Waals surface area (Å²) in [6, 6.07) is 21.8. The quantitative estimate of drug-likeness (QED) is 0.265. The Balaban J connectivity index is 1.81. The van der Waals surface area contributed by atoms with Gasteiger partial charge in [0.1, 0.15) is 5.76 Å². The van der Waals surface area contributed by atoms with Crippen molar-refractivity contribution >= 4 is 34.0 Å². The molecule has 0 spiro atoms. The maximum Gasteiger partial charge on any atom is 0.300 e. The van der Waals surface area contributed by atoms with E-state index in [1.54, 1.807) is 18.2 Å². The summed E-state index contributed by atoms with van der Waals surface area (Å²) in [5, 5.41) is 12.3. The average Bonchev–Trinajstić information content (AvgIpc) is 3.29. The summed E-state index contributed by atoms with van der Waals surface area (Å²) in [5.74, 6) is -1.50. The number of aromatic nitrogens is 1. The maximum atomic E-state index is 13.4. The van der Waals surface area contributed by atoms with Gasteiger partial charge in [-0.15, -0.1) is 0 Å². The zero-order chi connectivity index (χ0) is 23.3. The van der Waals surface area contributed by atoms with Crippen LogP contribution in [0.2, 0.25) is 0 Å². The summed E-state index contributed by atoms with van der Waals surface area (Å²) in [5.41, 5.74) is 5.09. The summed E-state index contributed by atoms with van der Waals surface area (Å²) < 4.78 is 1.98. The van der Waals surface area contributed by atoms with Crippen LogP contribution in [0.15, 0.2) is 84.6 Å². The number of carbonyl (C=O) groups excluding carboxylic acids is 2. The number of anilines is 1. The number of para-hydroxylation sites is 2. The first kappa shape index (κ1) is 20.8. The van der Waals surface area contributed by atoms with Gasteiger partial charge in [-0.2, -0.15) is 0 Å². The van der Waals surface area contributed by atoms with Crippen LogP contribution in [0.1, 0.15) is 28.3 Å². The van der Waals surface area contributed by atoms with Gasteiger partial charge in [0.2, 0.25) is 0 Å². The number of Topliss-reactive ketones (excluding diaryl/α,β-unsaturated/α-hetero) is 1. The molecule has 5 rings (SSSR count). The number of nitrogens with zero attached hydrogens (tertiary/aromatic N) is 2. The number of aliphatic hydroxyl groups excluding tert-OH is 1. The molecule has 0 aliphatic carbocycles. The standard InChI is InChI=1S/C28H24N2O3/c1-17-13-14-19(15-18(17)2)26(31)24-25(22-16-29(3)23-12-8-7-11-21(22)23)30(28(33)27(24)32)20-9-5-4-6-10-20/h4-16,25,31H,1-3H3/b26-24+. The van der Waals surface area contributed by atoms with Gasteiger partial charge in [-0.05, 0) is 49.2 Å². The highest BCUT2D eigenvalue weighted by molar-refractivity contribution is 6.51. The van der Waals surface area contributed by atoms with Crippen LogP contribution >= 0.6 is 0 Å². The molecule has 1 amide bonds. The van der Waals surface area contributed by atoms with Gasteiger partial charge in [0.05, 0.1) is 11.6 Å². The van der Waals surface area contributed by atoms with Crippen molar-refractivity contribution in [3.05, 3.63) is 107 Å². The minimum Gasteiger partial charge on any atom is -0.507 e. The summed E-state index contributed by atoms with van der Waals surface area (Å²) in [7, 11) is 1.93. The Bertz CT molecular complexity index is 1450. The smallest absolute Gasteiger partial charge is 0.300 e. The fourth-order valence-corrected chi connectivity index (χ4v) is 4.62. The second-order valence-electron chi connectivity index (χ2n) is 8.52. The first-order chi connectivity index (χ1) is 15.9. The van der Waals surface area contributed by atoms with Crippen molar-refractivity contribution in [2.45, 2.75) is 19.9 Å². The Labute approximate surface area is 192 Å². The lowest BCUT2D eigenvalue weighted by atomic mass is 9.94. The van der Waals surface area contributed by atoms with Gasteiger partial charge in [0.15, 0.2) is 0 Å². The lowest BCUT2D eigenvalue weighted by Crippen LogP contribution is -2.29. The molecule has 1 fully saturated rings. The number of aliphatic hydroxyl groups is 1. The van der Waals surface area contributed by atoms with Gasteiger partial charge in [-0.3, -0.25) is 14.5 Å². The van der Waals surface area contributed by atoms with E-state index in [1.165, 1.54) is 4.90 Å². The molecule has 164 valence electrons. The minimum absolute atomic E-state index is 0.100. The van der Waals surface area contributed by atoms with Crippen LogP contribution in [0.3, 0.4) is 0 Å². The molecule has 1 atom stereocenters. The summed E-state index contributed by atoms with van der Waals surface area (Å²) in [6.45, 7) is 3.94. The van der Waals surface area contributed by atoms with E-state index in [4.69, 9.17) is 0 Å². The van der Waals surface area contributed by atoms with Crippen molar-refractivity contribution < 1.29 is 14.7 Å². The molecular weight excluding hydrogens is 412 g/mol. The molecule has 1 unspecified atom stereocenters. The summed E-state index contributed by atoms with van der Waals surface area (Å²) >= 11 is 0. The van der Waals surface area contributed by atoms with E-state index in [0.717, 1.165) is 27.6 Å². The van der Waals surface area contributed by atoms with Crippen LogP contribution in [0.5, 0.6) is 0 Å². The molecule has 0 radical (unpaired) electrons. The lowest BCUT2D eigenvalue weighted by Gasteiger charge is -2.25.